The molecule has 1 amide bonds. The van der Waals surface area contributed by atoms with Gasteiger partial charge in [0.25, 0.3) is 5.67 Å². The maximum absolute atomic E-state index is 16.6. The fourth-order valence-corrected chi connectivity index (χ4v) is 8.09. The molecular weight excluding hydrogens is 639 g/mol. The Kier molecular flexibility index (Phi) is 13.5. The van der Waals surface area contributed by atoms with Gasteiger partial charge in [0.15, 0.2) is 17.9 Å². The standard InChI is InChI=1S/C36H59FN2O10/c1-12-26-36(9,45)24-15-14-23(40)18-46-34(7,17-19(3)28(21(24)5)38-27(41)13-2)31(22(6)30(43)35(8,37)33(44)48-26)49-32-29(42)25(39(10)11)16-20(4)47-32/h19-22,24-26,29,31-32,42,45H,12-18H2,1-11H3/b38-28+/t19-,20-,21-,22+,24-,25+,26-,29-,31-,32+,34-,35+,36+/m1/s1. The van der Waals surface area contributed by atoms with E-state index in [2.05, 4.69) is 4.99 Å². The van der Waals surface area contributed by atoms with E-state index in [1.807, 2.05) is 39.8 Å². The van der Waals surface area contributed by atoms with Crippen molar-refractivity contribution in [2.75, 3.05) is 20.7 Å². The molecule has 2 N–H and O–H groups in total. The molecule has 0 unspecified atom stereocenters. The molecule has 280 valence electrons. The van der Waals surface area contributed by atoms with Gasteiger partial charge in [-0.05, 0) is 79.3 Å². The van der Waals surface area contributed by atoms with Gasteiger partial charge >= 0.3 is 5.97 Å². The van der Waals surface area contributed by atoms with Crippen LogP contribution in [0.25, 0.3) is 0 Å². The van der Waals surface area contributed by atoms with Gasteiger partial charge in [-0.25, -0.2) is 14.2 Å². The first-order valence-electron chi connectivity index (χ1n) is 17.7. The van der Waals surface area contributed by atoms with Crippen molar-refractivity contribution in [3.63, 3.8) is 0 Å². The number of aliphatic imine (C=N–C) groups is 1. The van der Waals surface area contributed by atoms with Crippen LogP contribution in [-0.2, 0) is 38.1 Å². The van der Waals surface area contributed by atoms with Gasteiger partial charge in [0.05, 0.1) is 17.8 Å². The SMILES string of the molecule is CCC(=O)/N=C1\[C@H](C)C[C@@]2(C)OCC(=O)CC[C@H]([C@H]1C)[C@](C)(O)[C@@H](CC)OC(=O)[C@@](C)(F)C(=O)[C@H](C)[C@H]2O[C@@H]1O[C@H](C)C[C@H](N(C)C)[C@H]1O. The molecule has 0 aromatic rings. The Morgan fingerprint density at radius 3 is 2.29 bits per heavy atom. The van der Waals surface area contributed by atoms with Gasteiger partial charge in [0.2, 0.25) is 5.91 Å². The number of hydrogen-bond donors (Lipinski definition) is 2. The number of carbonyl (C=O) groups excluding carboxylic acids is 4. The van der Waals surface area contributed by atoms with Crippen molar-refractivity contribution in [1.82, 2.24) is 4.90 Å². The van der Waals surface area contributed by atoms with E-state index in [0.717, 1.165) is 6.92 Å². The van der Waals surface area contributed by atoms with E-state index in [1.165, 1.54) is 13.8 Å². The number of aliphatic hydroxyl groups is 2. The highest BCUT2D eigenvalue weighted by molar-refractivity contribution is 6.08. The van der Waals surface area contributed by atoms with Gasteiger partial charge in [0, 0.05) is 36.4 Å². The van der Waals surface area contributed by atoms with E-state index in [9.17, 15) is 29.4 Å². The molecule has 0 spiro atoms. The number of ketones is 2. The summed E-state index contributed by atoms with van der Waals surface area (Å²) >= 11 is 0. The zero-order chi connectivity index (χ0) is 37.2. The number of likely N-dealkylation sites (N-methyl/N-ethyl adjacent to an activating group) is 1. The third-order valence-electron chi connectivity index (χ3n) is 11.0. The highest BCUT2D eigenvalue weighted by Gasteiger charge is 2.56. The van der Waals surface area contributed by atoms with Gasteiger partial charge in [0.1, 0.15) is 24.4 Å². The van der Waals surface area contributed by atoms with Crippen molar-refractivity contribution in [1.29, 1.82) is 0 Å². The second-order valence-electron chi connectivity index (χ2n) is 15.3. The summed E-state index contributed by atoms with van der Waals surface area (Å²) in [4.78, 5) is 60.4. The molecule has 0 radical (unpaired) electrons. The summed E-state index contributed by atoms with van der Waals surface area (Å²) in [5, 5.41) is 23.5. The number of ether oxygens (including phenoxy) is 4. The Morgan fingerprint density at radius 1 is 1.08 bits per heavy atom. The third kappa shape index (κ3) is 8.84. The van der Waals surface area contributed by atoms with Crippen molar-refractivity contribution in [3.8, 4) is 0 Å². The van der Waals surface area contributed by atoms with Crippen LogP contribution in [0.2, 0.25) is 0 Å². The van der Waals surface area contributed by atoms with Crippen molar-refractivity contribution >= 4 is 29.2 Å². The lowest BCUT2D eigenvalue weighted by Crippen LogP contribution is -2.61. The Labute approximate surface area is 290 Å². The topological polar surface area (TPSA) is 161 Å². The fourth-order valence-electron chi connectivity index (χ4n) is 8.09. The fraction of sp³-hybridized carbons (Fsp3) is 0.861. The molecule has 3 saturated heterocycles. The van der Waals surface area contributed by atoms with E-state index < -0.39 is 83.5 Å². The summed E-state index contributed by atoms with van der Waals surface area (Å²) in [5.41, 5.74) is -6.07. The molecule has 3 aliphatic rings. The van der Waals surface area contributed by atoms with Gasteiger partial charge in [-0.2, -0.15) is 0 Å². The number of Topliss-reactive ketones (excluding diaryl/α,β-unsaturated/α-hetero) is 2. The third-order valence-corrected chi connectivity index (χ3v) is 11.0. The van der Waals surface area contributed by atoms with Crippen LogP contribution in [0.4, 0.5) is 4.39 Å². The van der Waals surface area contributed by atoms with E-state index in [4.69, 9.17) is 18.9 Å². The number of cyclic esters (lactones) is 1. The molecule has 0 aromatic heterocycles. The van der Waals surface area contributed by atoms with Crippen LogP contribution in [0.15, 0.2) is 4.99 Å². The number of carbonyl (C=O) groups is 4. The smallest absolute Gasteiger partial charge is 0.351 e. The molecule has 13 heteroatoms. The lowest BCUT2D eigenvalue weighted by molar-refractivity contribution is -0.297. The molecule has 3 aliphatic heterocycles. The Balaban J connectivity index is 2.34. The molecule has 0 saturated carbocycles. The Morgan fingerprint density at radius 2 is 1.71 bits per heavy atom. The highest BCUT2D eigenvalue weighted by atomic mass is 19.1. The first-order valence-corrected chi connectivity index (χ1v) is 17.7. The number of esters is 1. The molecule has 12 nitrogen and oxygen atoms in total. The molecule has 0 aromatic carbocycles. The maximum atomic E-state index is 16.6. The Bertz CT molecular complexity index is 1250. The molecule has 3 fully saturated rings. The van der Waals surface area contributed by atoms with Crippen molar-refractivity contribution in [3.05, 3.63) is 0 Å². The van der Waals surface area contributed by atoms with Crippen LogP contribution in [0.3, 0.4) is 0 Å². The van der Waals surface area contributed by atoms with Crippen LogP contribution in [0.5, 0.6) is 0 Å². The highest BCUT2D eigenvalue weighted by Crippen LogP contribution is 2.43. The molecule has 3 rings (SSSR count). The summed E-state index contributed by atoms with van der Waals surface area (Å²) in [6.45, 7) is 13.8. The summed E-state index contributed by atoms with van der Waals surface area (Å²) in [5.74, 6) is -6.62. The van der Waals surface area contributed by atoms with Gasteiger partial charge < -0.3 is 34.1 Å². The lowest BCUT2D eigenvalue weighted by Gasteiger charge is -2.48. The van der Waals surface area contributed by atoms with Crippen molar-refractivity contribution < 1.29 is 52.7 Å². The van der Waals surface area contributed by atoms with E-state index in [1.54, 1.807) is 20.8 Å². The predicted octanol–water partition coefficient (Wildman–Crippen LogP) is 3.61. The minimum atomic E-state index is -3.16. The predicted molar refractivity (Wildman–Crippen MR) is 180 cm³/mol. The maximum Gasteiger partial charge on any atom is 0.351 e. The van der Waals surface area contributed by atoms with E-state index in [0.29, 0.717) is 12.1 Å². The van der Waals surface area contributed by atoms with Gasteiger partial charge in [-0.15, -0.1) is 0 Å². The van der Waals surface area contributed by atoms with Crippen LogP contribution in [0, 0.1) is 23.7 Å². The molecule has 49 heavy (non-hydrogen) atoms. The number of amides is 1. The van der Waals surface area contributed by atoms with Crippen LogP contribution in [-0.4, -0.2) is 119 Å². The summed E-state index contributed by atoms with van der Waals surface area (Å²) in [7, 11) is 3.62. The second kappa shape index (κ2) is 16.0. The van der Waals surface area contributed by atoms with Crippen molar-refractivity contribution in [2.24, 2.45) is 28.7 Å². The molecular formula is C36H59FN2O10. The number of rotatable bonds is 5. The van der Waals surface area contributed by atoms with Crippen LogP contribution >= 0.6 is 0 Å². The summed E-state index contributed by atoms with van der Waals surface area (Å²) in [6.07, 6.45) is -4.62. The monoisotopic (exact) mass is 698 g/mol. The van der Waals surface area contributed by atoms with Crippen molar-refractivity contribution in [2.45, 2.75) is 154 Å². The quantitative estimate of drug-likeness (QED) is 0.319. The number of halogens is 1. The second-order valence-corrected chi connectivity index (χ2v) is 15.3. The zero-order valence-corrected chi connectivity index (χ0v) is 31.2. The number of hydrogen-bond acceptors (Lipinski definition) is 11. The average molecular weight is 699 g/mol. The Hall–Kier alpha value is -2.16. The largest absolute Gasteiger partial charge is 0.457 e. The number of alkyl halides is 1. The van der Waals surface area contributed by atoms with Gasteiger partial charge in [-0.1, -0.05) is 34.6 Å². The normalized spacial score (nSPS) is 44.2. The average Bonchev–Trinajstić information content (AvgIpc) is 3.04. The van der Waals surface area contributed by atoms with E-state index >= 15 is 4.39 Å². The van der Waals surface area contributed by atoms with Crippen LogP contribution in [0.1, 0.15) is 101 Å². The summed E-state index contributed by atoms with van der Waals surface area (Å²) < 4.78 is 41.2. The molecule has 3 heterocycles. The minimum absolute atomic E-state index is 0.0255. The first kappa shape index (κ1) is 41.3. The molecule has 2 bridgehead atoms. The number of aliphatic hydroxyl groups excluding tert-OH is 1. The molecule has 13 atom stereocenters. The molecule has 0 aliphatic carbocycles. The van der Waals surface area contributed by atoms with E-state index in [-0.39, 0.29) is 55.9 Å². The van der Waals surface area contributed by atoms with Crippen LogP contribution < -0.4 is 0 Å². The minimum Gasteiger partial charge on any atom is -0.457 e. The zero-order valence-electron chi connectivity index (χ0n) is 31.2. The first-order chi connectivity index (χ1) is 22.6. The van der Waals surface area contributed by atoms with Gasteiger partial charge in [-0.3, -0.25) is 14.4 Å². The number of nitrogens with zero attached hydrogens (tertiary/aromatic N) is 2. The lowest BCUT2D eigenvalue weighted by atomic mass is 9.68. The number of fused-ring (bicyclic) bond motifs is 5. The summed E-state index contributed by atoms with van der Waals surface area (Å²) in [6, 6.07) is -0.378.